The summed E-state index contributed by atoms with van der Waals surface area (Å²) < 4.78 is 63.4. The minimum absolute atomic E-state index is 0.315. The normalized spacial score (nSPS) is 14.4. The summed E-state index contributed by atoms with van der Waals surface area (Å²) in [7, 11) is 0. The van der Waals surface area contributed by atoms with E-state index in [1.807, 2.05) is 24.3 Å². The lowest BCUT2D eigenvalue weighted by atomic mass is 10.0. The van der Waals surface area contributed by atoms with Crippen LogP contribution in [0.3, 0.4) is 0 Å². The van der Waals surface area contributed by atoms with Crippen molar-refractivity contribution in [2.45, 2.75) is 0 Å². The van der Waals surface area contributed by atoms with E-state index in [4.69, 9.17) is 0 Å². The molecule has 2 aliphatic rings. The first-order chi connectivity index (χ1) is 21.5. The number of halogens is 4. The van der Waals surface area contributed by atoms with Crippen molar-refractivity contribution in [2.75, 3.05) is 0 Å². The summed E-state index contributed by atoms with van der Waals surface area (Å²) in [4.78, 5) is 17.5. The Bertz CT molecular complexity index is 1870. The van der Waals surface area contributed by atoms with E-state index in [0.29, 0.717) is 45.1 Å². The fourth-order valence-electron chi connectivity index (χ4n) is 5.12. The van der Waals surface area contributed by atoms with Crippen molar-refractivity contribution < 1.29 is 17.6 Å². The molecule has 0 saturated carbocycles. The van der Waals surface area contributed by atoms with Crippen LogP contribution in [0.5, 0.6) is 0 Å². The van der Waals surface area contributed by atoms with Gasteiger partial charge >= 0.3 is 0 Å². The Hall–Kier alpha value is -5.76. The quantitative estimate of drug-likeness (QED) is 0.175. The predicted octanol–water partition coefficient (Wildman–Crippen LogP) is 6.36. The molecule has 212 valence electrons. The maximum absolute atomic E-state index is 15.9. The second kappa shape index (κ2) is 11.1. The van der Waals surface area contributed by atoms with Gasteiger partial charge in [0.1, 0.15) is 0 Å². The fourth-order valence-corrected chi connectivity index (χ4v) is 5.12. The summed E-state index contributed by atoms with van der Waals surface area (Å²) in [5.74, 6) is -7.54. The van der Waals surface area contributed by atoms with Gasteiger partial charge in [0, 0.05) is 22.3 Å². The van der Waals surface area contributed by atoms with Crippen LogP contribution >= 0.6 is 0 Å². The maximum Gasteiger partial charge on any atom is 0.173 e. The van der Waals surface area contributed by atoms with Gasteiger partial charge in [0.15, 0.2) is 34.9 Å². The summed E-state index contributed by atoms with van der Waals surface area (Å²) in [6.07, 6.45) is 0. The lowest BCUT2D eigenvalue weighted by molar-refractivity contribution is 0.433. The minimum Gasteiger partial charge on any atom is -0.226 e. The molecule has 0 fully saturated rings. The first-order valence-corrected chi connectivity index (χ1v) is 13.7. The zero-order valence-corrected chi connectivity index (χ0v) is 22.8. The number of nitrogens with zero attached hydrogens (tertiary/aromatic N) is 4. The Morgan fingerprint density at radius 3 is 0.705 bits per heavy atom. The molecule has 2 heterocycles. The highest BCUT2D eigenvalue weighted by Crippen LogP contribution is 2.23. The average molecular weight is 585 g/mol. The van der Waals surface area contributed by atoms with Crippen LogP contribution in [0.2, 0.25) is 0 Å². The summed E-state index contributed by atoms with van der Waals surface area (Å²) >= 11 is 0. The van der Waals surface area contributed by atoms with Crippen molar-refractivity contribution in [3.63, 3.8) is 0 Å². The summed E-state index contributed by atoms with van der Waals surface area (Å²) in [5, 5.41) is -2.03. The molecule has 8 heteroatoms. The van der Waals surface area contributed by atoms with Crippen LogP contribution in [0.1, 0.15) is 22.3 Å². The van der Waals surface area contributed by atoms with Gasteiger partial charge < -0.3 is 0 Å². The molecule has 5 aromatic carbocycles. The van der Waals surface area contributed by atoms with E-state index in [0.717, 1.165) is 0 Å². The molecule has 0 N–H and O–H groups in total. The van der Waals surface area contributed by atoms with E-state index in [1.165, 1.54) is 0 Å². The Kier molecular flexibility index (Phi) is 6.86. The highest BCUT2D eigenvalue weighted by molar-refractivity contribution is 6.56. The Balaban J connectivity index is 1.49. The number of benzene rings is 5. The first-order valence-electron chi connectivity index (χ1n) is 13.7. The van der Waals surface area contributed by atoms with Crippen LogP contribution in [0.25, 0.3) is 11.6 Å². The largest absolute Gasteiger partial charge is 0.226 e. The third-order valence-electron chi connectivity index (χ3n) is 7.22. The minimum atomic E-state index is -1.64. The van der Waals surface area contributed by atoms with Gasteiger partial charge in [-0.25, -0.2) is 37.5 Å². The summed E-state index contributed by atoms with van der Waals surface area (Å²) in [5.41, 5.74) is 3.74. The van der Waals surface area contributed by atoms with Crippen LogP contribution < -0.4 is 10.4 Å². The highest BCUT2D eigenvalue weighted by Gasteiger charge is 2.29. The second-order valence-corrected chi connectivity index (χ2v) is 9.96. The van der Waals surface area contributed by atoms with Gasteiger partial charge in [-0.15, -0.1) is 0 Å². The van der Waals surface area contributed by atoms with Gasteiger partial charge in [0.25, 0.3) is 0 Å². The maximum atomic E-state index is 15.9. The molecule has 7 rings (SSSR count). The summed E-state index contributed by atoms with van der Waals surface area (Å²) in [6.45, 7) is 0. The second-order valence-electron chi connectivity index (χ2n) is 9.96. The van der Waals surface area contributed by atoms with Gasteiger partial charge in [-0.05, 0) is 0 Å². The standard InChI is InChI=1S/C36H20F4N4/c37-27-25(35-41-31(21-13-5-1-6-14-21)32(42-35)22-15-7-2-8-16-22)28(38)30(40)26(29(27)39)36-43-33(23-17-9-3-10-18-23)34(44-36)24-19-11-4-12-20-24/h1-20H. The van der Waals surface area contributed by atoms with Crippen molar-refractivity contribution in [1.29, 1.82) is 0 Å². The number of hydrogen-bond acceptors (Lipinski definition) is 4. The smallest absolute Gasteiger partial charge is 0.173 e. The van der Waals surface area contributed by atoms with Crippen molar-refractivity contribution >= 4 is 34.5 Å². The van der Waals surface area contributed by atoms with E-state index in [1.54, 1.807) is 97.1 Å². The molecule has 4 nitrogen and oxygen atoms in total. The third kappa shape index (κ3) is 4.66. The molecule has 5 aromatic rings. The van der Waals surface area contributed by atoms with Crippen molar-refractivity contribution in [3.05, 3.63) is 177 Å². The van der Waals surface area contributed by atoms with Gasteiger partial charge in [0.2, 0.25) is 0 Å². The SMILES string of the molecule is Fc1c(F)c(=C2N=C(c3ccccc3)C(c3ccccc3)=N2)c(F)c(F)c1=C1N=C(c2ccccc2)C(c2ccccc2)=N1. The van der Waals surface area contributed by atoms with E-state index >= 15 is 17.6 Å². The predicted molar refractivity (Wildman–Crippen MR) is 164 cm³/mol. The molecule has 44 heavy (non-hydrogen) atoms. The number of hydrogen-bond donors (Lipinski definition) is 0. The average Bonchev–Trinajstić information content (AvgIpc) is 3.72. The topological polar surface area (TPSA) is 49.4 Å². The molecule has 0 bridgehead atoms. The van der Waals surface area contributed by atoms with Crippen molar-refractivity contribution in [1.82, 2.24) is 0 Å². The lowest BCUT2D eigenvalue weighted by Gasteiger charge is -2.04. The van der Waals surface area contributed by atoms with Crippen LogP contribution in [0.4, 0.5) is 17.6 Å². The molecule has 0 saturated heterocycles. The molecule has 2 aliphatic heterocycles. The number of aliphatic imine (C=N–C) groups is 4. The monoisotopic (exact) mass is 584 g/mol. The molecule has 0 atom stereocenters. The molecule has 0 amide bonds. The van der Waals surface area contributed by atoms with Crippen LogP contribution in [0.15, 0.2) is 141 Å². The molecule has 0 radical (unpaired) electrons. The fraction of sp³-hybridized carbons (Fsp3) is 0. The molecule has 0 unspecified atom stereocenters. The molecular formula is C36H20F4N4. The zero-order valence-electron chi connectivity index (χ0n) is 22.8. The van der Waals surface area contributed by atoms with Crippen LogP contribution in [-0.2, 0) is 0 Å². The van der Waals surface area contributed by atoms with Crippen LogP contribution in [-0.4, -0.2) is 22.8 Å². The first kappa shape index (κ1) is 27.1. The Labute approximate surface area is 249 Å². The van der Waals surface area contributed by atoms with Crippen molar-refractivity contribution in [3.8, 4) is 0 Å². The van der Waals surface area contributed by atoms with E-state index in [2.05, 4.69) is 20.0 Å². The van der Waals surface area contributed by atoms with Gasteiger partial charge in [-0.3, -0.25) is 0 Å². The number of rotatable bonds is 4. The lowest BCUT2D eigenvalue weighted by Crippen LogP contribution is -2.30. The van der Waals surface area contributed by atoms with Crippen molar-refractivity contribution in [2.24, 2.45) is 20.0 Å². The van der Waals surface area contributed by atoms with E-state index in [9.17, 15) is 0 Å². The van der Waals surface area contributed by atoms with Gasteiger partial charge in [0.05, 0.1) is 33.3 Å². The van der Waals surface area contributed by atoms with Gasteiger partial charge in [-0.1, -0.05) is 121 Å². The third-order valence-corrected chi connectivity index (χ3v) is 7.22. The van der Waals surface area contributed by atoms with Gasteiger partial charge in [-0.2, -0.15) is 0 Å². The molecular weight excluding hydrogens is 564 g/mol. The Morgan fingerprint density at radius 1 is 0.295 bits per heavy atom. The van der Waals surface area contributed by atoms with E-state index in [-0.39, 0.29) is 0 Å². The van der Waals surface area contributed by atoms with E-state index < -0.39 is 45.3 Å². The summed E-state index contributed by atoms with van der Waals surface area (Å²) in [6, 6.07) is 35.6. The molecule has 0 aromatic heterocycles. The molecule has 0 spiro atoms. The van der Waals surface area contributed by atoms with Crippen LogP contribution in [0, 0.1) is 23.3 Å². The zero-order chi connectivity index (χ0) is 30.2. The molecule has 0 aliphatic carbocycles. The Morgan fingerprint density at radius 2 is 0.500 bits per heavy atom. The highest BCUT2D eigenvalue weighted by atomic mass is 19.2.